The third-order valence-electron chi connectivity index (χ3n) is 6.41. The minimum absolute atomic E-state index is 0.000874. The molecule has 2 saturated heterocycles. The molecule has 1 N–H and O–H groups in total. The van der Waals surface area contributed by atoms with Crippen LogP contribution in [0.15, 0.2) is 48.8 Å². The van der Waals surface area contributed by atoms with Crippen molar-refractivity contribution in [3.05, 3.63) is 66.0 Å². The maximum atomic E-state index is 13.8. The van der Waals surface area contributed by atoms with Crippen LogP contribution in [0.25, 0.3) is 11.3 Å². The number of aldehydes is 1. The highest BCUT2D eigenvalue weighted by Crippen LogP contribution is 2.29. The van der Waals surface area contributed by atoms with Crippen molar-refractivity contribution in [3.63, 3.8) is 0 Å². The molecule has 2 fully saturated rings. The number of likely N-dealkylation sites (N-methyl/N-ethyl adjacent to an activating group) is 1. The van der Waals surface area contributed by atoms with Gasteiger partial charge in [-0.05, 0) is 57.6 Å². The van der Waals surface area contributed by atoms with Gasteiger partial charge in [-0.3, -0.25) is 9.78 Å². The Morgan fingerprint density at radius 3 is 2.66 bits per heavy atom. The highest BCUT2D eigenvalue weighted by atomic mass is 32.2. The third kappa shape index (κ3) is 7.35. The van der Waals surface area contributed by atoms with Gasteiger partial charge in [0.15, 0.2) is 0 Å². The van der Waals surface area contributed by atoms with Crippen LogP contribution in [0.2, 0.25) is 0 Å². The summed E-state index contributed by atoms with van der Waals surface area (Å²) < 4.78 is 13.8. The number of pyridine rings is 1. The Morgan fingerprint density at radius 1 is 1.13 bits per heavy atom. The van der Waals surface area contributed by atoms with Gasteiger partial charge in [-0.2, -0.15) is 11.8 Å². The molecule has 0 radical (unpaired) electrons. The van der Waals surface area contributed by atoms with Crippen molar-refractivity contribution < 1.29 is 14.0 Å². The molecule has 2 aliphatic rings. The summed E-state index contributed by atoms with van der Waals surface area (Å²) in [6.45, 7) is 4.89. The molecule has 1 unspecified atom stereocenters. The Balaban J connectivity index is 0.00000107. The first kappa shape index (κ1) is 27.7. The number of amides is 1. The first-order valence-corrected chi connectivity index (χ1v) is 13.9. The maximum Gasteiger partial charge on any atom is 0.255 e. The predicted octanol–water partition coefficient (Wildman–Crippen LogP) is 4.62. The molecule has 200 valence electrons. The van der Waals surface area contributed by atoms with E-state index in [0.717, 1.165) is 68.2 Å². The largest absolute Gasteiger partial charge is 0.340 e. The minimum atomic E-state index is -0.315. The van der Waals surface area contributed by atoms with Crippen molar-refractivity contribution in [2.24, 2.45) is 0 Å². The first-order chi connectivity index (χ1) is 18.5. The van der Waals surface area contributed by atoms with Crippen molar-refractivity contribution in [2.75, 3.05) is 50.0 Å². The average molecular weight is 537 g/mol. The summed E-state index contributed by atoms with van der Waals surface area (Å²) in [6.07, 6.45) is 6.20. The number of hydrogen-bond acceptors (Lipinski definition) is 8. The Bertz CT molecular complexity index is 1250. The highest BCUT2D eigenvalue weighted by Gasteiger charge is 2.24. The molecule has 2 aliphatic heterocycles. The molecule has 38 heavy (non-hydrogen) atoms. The van der Waals surface area contributed by atoms with Gasteiger partial charge in [-0.1, -0.05) is 6.07 Å². The molecule has 0 spiro atoms. The summed E-state index contributed by atoms with van der Waals surface area (Å²) in [5.41, 5.74) is 2.63. The fourth-order valence-electron chi connectivity index (χ4n) is 4.60. The van der Waals surface area contributed by atoms with E-state index in [1.807, 2.05) is 28.8 Å². The lowest BCUT2D eigenvalue weighted by molar-refractivity contribution is -0.106. The van der Waals surface area contributed by atoms with Crippen molar-refractivity contribution >= 4 is 35.5 Å². The Kier molecular flexibility index (Phi) is 9.78. The Morgan fingerprint density at radius 2 is 1.92 bits per heavy atom. The summed E-state index contributed by atoms with van der Waals surface area (Å²) in [7, 11) is 2.11. The number of nitrogens with one attached hydrogen (secondary N) is 1. The van der Waals surface area contributed by atoms with Crippen LogP contribution in [0.4, 0.5) is 15.9 Å². The summed E-state index contributed by atoms with van der Waals surface area (Å²) in [6, 6.07) is 10.0. The predicted molar refractivity (Wildman–Crippen MR) is 149 cm³/mol. The van der Waals surface area contributed by atoms with Gasteiger partial charge in [0, 0.05) is 66.8 Å². The van der Waals surface area contributed by atoms with E-state index < -0.39 is 0 Å². The first-order valence-electron chi connectivity index (χ1n) is 12.8. The van der Waals surface area contributed by atoms with Crippen LogP contribution in [-0.4, -0.2) is 81.7 Å². The molecule has 0 bridgehead atoms. The summed E-state index contributed by atoms with van der Waals surface area (Å²) in [5.74, 6) is 3.14. The van der Waals surface area contributed by atoms with Crippen molar-refractivity contribution in [2.45, 2.75) is 25.7 Å². The van der Waals surface area contributed by atoms with Gasteiger partial charge in [-0.15, -0.1) is 0 Å². The van der Waals surface area contributed by atoms with Gasteiger partial charge in [-0.25, -0.2) is 14.4 Å². The maximum absolute atomic E-state index is 13.8. The SMILES string of the molecule is CC=O.CN1CCCC(c2nc(Nc3cccc(F)c3)cc(-c3cncc(C(=O)N4CCSCC4)c3)n2)C1. The van der Waals surface area contributed by atoms with Crippen LogP contribution in [0.1, 0.15) is 41.9 Å². The van der Waals surface area contributed by atoms with E-state index in [-0.39, 0.29) is 17.6 Å². The van der Waals surface area contributed by atoms with Crippen LogP contribution in [0, 0.1) is 5.82 Å². The molecule has 10 heteroatoms. The molecular weight excluding hydrogens is 503 g/mol. The number of piperidine rings is 1. The zero-order chi connectivity index (χ0) is 26.9. The van der Waals surface area contributed by atoms with E-state index in [1.165, 1.54) is 19.1 Å². The second kappa shape index (κ2) is 13.4. The van der Waals surface area contributed by atoms with Crippen molar-refractivity contribution in [1.82, 2.24) is 24.8 Å². The van der Waals surface area contributed by atoms with E-state index in [2.05, 4.69) is 22.2 Å². The van der Waals surface area contributed by atoms with Gasteiger partial charge in [0.1, 0.15) is 23.7 Å². The molecule has 5 rings (SSSR count). The summed E-state index contributed by atoms with van der Waals surface area (Å²) in [4.78, 5) is 40.1. The average Bonchev–Trinajstić information content (AvgIpc) is 2.93. The second-order valence-corrected chi connectivity index (χ2v) is 10.6. The molecular formula is C28H33FN6O2S. The fraction of sp³-hybridized carbons (Fsp3) is 0.393. The number of hydrogen-bond donors (Lipinski definition) is 1. The van der Waals surface area contributed by atoms with Crippen molar-refractivity contribution in [1.29, 1.82) is 0 Å². The van der Waals surface area contributed by atoms with Crippen LogP contribution < -0.4 is 5.32 Å². The van der Waals surface area contributed by atoms with E-state index in [1.54, 1.807) is 24.5 Å². The van der Waals surface area contributed by atoms with Crippen molar-refractivity contribution in [3.8, 4) is 11.3 Å². The summed E-state index contributed by atoms with van der Waals surface area (Å²) in [5, 5.41) is 3.23. The highest BCUT2D eigenvalue weighted by molar-refractivity contribution is 7.99. The second-order valence-electron chi connectivity index (χ2n) is 9.34. The monoisotopic (exact) mass is 536 g/mol. The molecule has 1 aromatic carbocycles. The number of aromatic nitrogens is 3. The smallest absolute Gasteiger partial charge is 0.255 e. The number of nitrogens with zero attached hydrogens (tertiary/aromatic N) is 5. The molecule has 8 nitrogen and oxygen atoms in total. The fourth-order valence-corrected chi connectivity index (χ4v) is 5.50. The lowest BCUT2D eigenvalue weighted by atomic mass is 9.97. The molecule has 1 atom stereocenters. The molecule has 2 aromatic heterocycles. The Labute approximate surface area is 227 Å². The zero-order valence-corrected chi connectivity index (χ0v) is 22.6. The topological polar surface area (TPSA) is 91.3 Å². The number of likely N-dealkylation sites (tertiary alicyclic amines) is 1. The van der Waals surface area contributed by atoms with E-state index in [9.17, 15) is 9.18 Å². The Hall–Kier alpha value is -3.37. The van der Waals surface area contributed by atoms with Gasteiger partial charge < -0.3 is 19.9 Å². The van der Waals surface area contributed by atoms with Crippen LogP contribution in [-0.2, 0) is 4.79 Å². The lowest BCUT2D eigenvalue weighted by Crippen LogP contribution is -2.37. The third-order valence-corrected chi connectivity index (χ3v) is 7.35. The number of rotatable bonds is 5. The quantitative estimate of drug-likeness (QED) is 0.472. The molecule has 3 aromatic rings. The van der Waals surface area contributed by atoms with Gasteiger partial charge >= 0.3 is 0 Å². The van der Waals surface area contributed by atoms with Gasteiger partial charge in [0.25, 0.3) is 5.91 Å². The zero-order valence-electron chi connectivity index (χ0n) is 21.8. The molecule has 0 saturated carbocycles. The van der Waals surface area contributed by atoms with Crippen LogP contribution in [0.5, 0.6) is 0 Å². The number of anilines is 2. The normalized spacial score (nSPS) is 17.8. The van der Waals surface area contributed by atoms with E-state index >= 15 is 0 Å². The van der Waals surface area contributed by atoms with Crippen LogP contribution in [0.3, 0.4) is 0 Å². The van der Waals surface area contributed by atoms with E-state index in [4.69, 9.17) is 14.8 Å². The number of carbonyl (C=O) groups excluding carboxylic acids is 2. The van der Waals surface area contributed by atoms with Crippen LogP contribution >= 0.6 is 11.8 Å². The number of halogens is 1. The number of benzene rings is 1. The molecule has 0 aliphatic carbocycles. The van der Waals surface area contributed by atoms with E-state index in [0.29, 0.717) is 22.8 Å². The minimum Gasteiger partial charge on any atom is -0.340 e. The van der Waals surface area contributed by atoms with Gasteiger partial charge in [0.2, 0.25) is 0 Å². The van der Waals surface area contributed by atoms with Gasteiger partial charge in [0.05, 0.1) is 11.3 Å². The number of carbonyl (C=O) groups is 2. The summed E-state index contributed by atoms with van der Waals surface area (Å²) >= 11 is 1.87. The number of thioether (sulfide) groups is 1. The molecule has 4 heterocycles. The molecule has 1 amide bonds. The standard InChI is InChI=1S/C26H29FN6OS.C2H4O/c1-32-7-3-4-18(17-32)25-30-23(14-24(31-25)29-22-6-2-5-21(27)13-22)19-12-20(16-28-15-19)26(34)33-8-10-35-11-9-33;1-2-3/h2,5-6,12-16,18H,3-4,7-11,17H2,1H3,(H,29,30,31);2H,1H3. The lowest BCUT2D eigenvalue weighted by Gasteiger charge is -2.29.